The summed E-state index contributed by atoms with van der Waals surface area (Å²) in [4.78, 5) is 169. The van der Waals surface area contributed by atoms with E-state index in [0.717, 1.165) is 5.56 Å². The van der Waals surface area contributed by atoms with Crippen LogP contribution in [-0.2, 0) is 83.2 Å². The van der Waals surface area contributed by atoms with Crippen LogP contribution < -0.4 is 59.3 Å². The number of amides is 10. The van der Waals surface area contributed by atoms with Crippen LogP contribution >= 0.6 is 23.5 Å². The third-order valence-electron chi connectivity index (χ3n) is 13.7. The van der Waals surface area contributed by atoms with Crippen LogP contribution in [0.4, 0.5) is 0 Å². The lowest BCUT2D eigenvalue weighted by Crippen LogP contribution is -2.61. The van der Waals surface area contributed by atoms with E-state index in [0.29, 0.717) is 33.9 Å². The number of nitrogens with two attached hydrogens (primary N) is 2. The first-order valence-electron chi connectivity index (χ1n) is 28.6. The first-order chi connectivity index (χ1) is 42.3. The van der Waals surface area contributed by atoms with Crippen molar-refractivity contribution in [2.75, 3.05) is 30.6 Å². The van der Waals surface area contributed by atoms with Gasteiger partial charge < -0.3 is 74.5 Å². The monoisotopic (exact) mass is 1270 g/mol. The number of imidazole rings is 1. The van der Waals surface area contributed by atoms with E-state index in [1.165, 1.54) is 36.0 Å². The third kappa shape index (κ3) is 26.6. The highest BCUT2D eigenvalue weighted by Crippen LogP contribution is 2.13. The number of nitrogens with zero attached hydrogens (tertiary/aromatic N) is 1. The molecule has 0 radical (unpaired) electrons. The molecule has 482 valence electrons. The number of carbonyl (C=O) groups is 12. The molecule has 27 nitrogen and oxygen atoms in total. The van der Waals surface area contributed by atoms with Crippen molar-refractivity contribution in [3.8, 4) is 0 Å². The van der Waals surface area contributed by atoms with Crippen LogP contribution in [0, 0.1) is 12.8 Å². The van der Waals surface area contributed by atoms with Crippen molar-refractivity contribution in [3.63, 3.8) is 0 Å². The number of benzene rings is 3. The standard InChI is InChI=1S/C60H81N13O14S2/c1-34(2)24-43(56(83)67-41(52(62)79)20-22-88-4)66-49(74)32-64-54(81)44(27-38-18-16-35(3)17-19-38)69-57(84)45(25-36-12-8-6-9-13-36)70-58(85)46(26-37-14-10-7-11-15-37)71-60(87)48(30-51(77)78)73-59(86)47(28-39-31-63-33-65-39)72-55(82)42(21-23-89-5)68-53(80)40(61)29-50(75)76/h6-19,31,33-34,40-48H,20-30,32,61H2,1-5H3,(H2,62,79)(H,63,65)(H,64,81)(H,66,74)(H,67,83)(H,68,80)(H,69,84)(H,70,85)(H,71,87)(H,72,82)(H,73,86)(H,75,76)(H,77,78). The summed E-state index contributed by atoms with van der Waals surface area (Å²) in [5, 5.41) is 42.4. The Balaban J connectivity index is 1.64. The number of carboxylic acids is 2. The Morgan fingerprint density at radius 2 is 0.921 bits per heavy atom. The van der Waals surface area contributed by atoms with Crippen LogP contribution in [0.25, 0.3) is 0 Å². The molecule has 0 aliphatic heterocycles. The Kier molecular flexibility index (Phi) is 30.8. The van der Waals surface area contributed by atoms with Crippen molar-refractivity contribution in [1.29, 1.82) is 0 Å². The number of hydrogen-bond donors (Lipinski definition) is 14. The van der Waals surface area contributed by atoms with Crippen LogP contribution in [0.15, 0.2) is 97.5 Å². The van der Waals surface area contributed by atoms with Gasteiger partial charge in [0.2, 0.25) is 59.1 Å². The molecule has 3 aromatic carbocycles. The third-order valence-corrected chi connectivity index (χ3v) is 15.0. The zero-order valence-electron chi connectivity index (χ0n) is 50.2. The van der Waals surface area contributed by atoms with E-state index in [-0.39, 0.29) is 50.9 Å². The van der Waals surface area contributed by atoms with E-state index < -0.39 is 145 Å². The molecule has 1 heterocycles. The summed E-state index contributed by atoms with van der Waals surface area (Å²) in [6.07, 6.45) is 4.05. The van der Waals surface area contributed by atoms with E-state index in [9.17, 15) is 67.7 Å². The minimum Gasteiger partial charge on any atom is -0.481 e. The Morgan fingerprint density at radius 3 is 1.38 bits per heavy atom. The molecule has 9 atom stereocenters. The summed E-state index contributed by atoms with van der Waals surface area (Å²) < 4.78 is 0. The van der Waals surface area contributed by atoms with Gasteiger partial charge in [-0.1, -0.05) is 104 Å². The average molecular weight is 1270 g/mol. The van der Waals surface area contributed by atoms with Crippen molar-refractivity contribution >= 4 is 94.5 Å². The van der Waals surface area contributed by atoms with Gasteiger partial charge >= 0.3 is 11.9 Å². The molecule has 0 aliphatic carbocycles. The van der Waals surface area contributed by atoms with Gasteiger partial charge in [0.1, 0.15) is 48.3 Å². The van der Waals surface area contributed by atoms with E-state index >= 15 is 0 Å². The number of H-pyrrole nitrogens is 1. The highest BCUT2D eigenvalue weighted by molar-refractivity contribution is 7.98. The number of nitrogens with one attached hydrogen (secondary N) is 10. The number of rotatable bonds is 39. The Morgan fingerprint density at radius 1 is 0.506 bits per heavy atom. The largest absolute Gasteiger partial charge is 0.481 e. The van der Waals surface area contributed by atoms with E-state index in [4.69, 9.17) is 11.5 Å². The number of hydrogen-bond acceptors (Lipinski definition) is 16. The first kappa shape index (κ1) is 72.6. The number of primary amides is 1. The van der Waals surface area contributed by atoms with Gasteiger partial charge in [-0.05, 0) is 72.8 Å². The number of aromatic amines is 1. The Hall–Kier alpha value is -8.83. The summed E-state index contributed by atoms with van der Waals surface area (Å²) in [6.45, 7) is 4.87. The molecule has 10 amide bonds. The second kappa shape index (κ2) is 37.8. The Labute approximate surface area is 524 Å². The van der Waals surface area contributed by atoms with Gasteiger partial charge in [-0.25, -0.2) is 4.98 Å². The van der Waals surface area contributed by atoms with E-state index in [2.05, 4.69) is 57.8 Å². The maximum Gasteiger partial charge on any atom is 0.305 e. The topological polar surface area (TPSA) is 434 Å². The predicted octanol–water partition coefficient (Wildman–Crippen LogP) is -0.702. The zero-order chi connectivity index (χ0) is 65.6. The average Bonchev–Trinajstić information content (AvgIpc) is 4.20. The first-order valence-corrected chi connectivity index (χ1v) is 31.4. The summed E-state index contributed by atoms with van der Waals surface area (Å²) >= 11 is 2.78. The molecule has 0 spiro atoms. The zero-order valence-corrected chi connectivity index (χ0v) is 51.8. The maximum atomic E-state index is 14.8. The van der Waals surface area contributed by atoms with E-state index in [1.807, 2.05) is 27.0 Å². The van der Waals surface area contributed by atoms with Crippen molar-refractivity contribution in [1.82, 2.24) is 57.8 Å². The molecule has 4 aromatic rings. The van der Waals surface area contributed by atoms with Gasteiger partial charge in [0.05, 0.1) is 31.8 Å². The van der Waals surface area contributed by atoms with Crippen LogP contribution in [0.1, 0.15) is 73.9 Å². The molecule has 0 bridgehead atoms. The smallest absolute Gasteiger partial charge is 0.305 e. The summed E-state index contributed by atoms with van der Waals surface area (Å²) in [5.74, 6) is -11.1. The van der Waals surface area contributed by atoms with Crippen molar-refractivity contribution in [2.45, 2.75) is 133 Å². The van der Waals surface area contributed by atoms with Crippen LogP contribution in [0.3, 0.4) is 0 Å². The Bertz CT molecular complexity index is 3020. The van der Waals surface area contributed by atoms with Crippen LogP contribution in [0.5, 0.6) is 0 Å². The number of carbonyl (C=O) groups excluding carboxylic acids is 10. The number of aliphatic carboxylic acids is 2. The molecule has 9 unspecified atom stereocenters. The fourth-order valence-corrected chi connectivity index (χ4v) is 9.90. The molecule has 4 rings (SSSR count). The summed E-state index contributed by atoms with van der Waals surface area (Å²) in [7, 11) is 0. The minimum absolute atomic E-state index is 0.00816. The lowest BCUT2D eigenvalue weighted by molar-refractivity contribution is -0.142. The predicted molar refractivity (Wildman–Crippen MR) is 333 cm³/mol. The fourth-order valence-electron chi connectivity index (χ4n) is 8.95. The summed E-state index contributed by atoms with van der Waals surface area (Å²) in [6, 6.07) is 11.0. The second-order valence-corrected chi connectivity index (χ2v) is 23.5. The van der Waals surface area contributed by atoms with Crippen LogP contribution in [0.2, 0.25) is 0 Å². The van der Waals surface area contributed by atoms with E-state index in [1.54, 1.807) is 91.2 Å². The highest BCUT2D eigenvalue weighted by atomic mass is 32.2. The quantitative estimate of drug-likeness (QED) is 0.0263. The number of aryl methyl sites for hydroxylation is 1. The lowest BCUT2D eigenvalue weighted by Gasteiger charge is -2.27. The van der Waals surface area contributed by atoms with Gasteiger partial charge in [0.25, 0.3) is 0 Å². The second-order valence-electron chi connectivity index (χ2n) is 21.5. The normalized spacial score (nSPS) is 14.1. The van der Waals surface area contributed by atoms with Crippen molar-refractivity contribution < 1.29 is 67.7 Å². The molecular formula is C60H81N13O14S2. The fraction of sp³-hybridized carbons (Fsp3) is 0.450. The van der Waals surface area contributed by atoms with Crippen LogP contribution in [-0.4, -0.2) is 176 Å². The molecule has 29 heteroatoms. The van der Waals surface area contributed by atoms with Gasteiger partial charge in [-0.3, -0.25) is 57.5 Å². The number of aromatic nitrogens is 2. The molecule has 1 aromatic heterocycles. The van der Waals surface area contributed by atoms with Gasteiger partial charge in [0.15, 0.2) is 0 Å². The SMILES string of the molecule is CSCCC(NC(=O)C(CC(C)C)NC(=O)CNC(=O)C(Cc1ccc(C)cc1)NC(=O)C(Cc1ccccc1)NC(=O)C(Cc1ccccc1)NC(=O)C(CC(=O)O)NC(=O)C(Cc1cnc[nH]1)NC(=O)C(CCSC)NC(=O)C(N)CC(=O)O)C(N)=O. The van der Waals surface area contributed by atoms with Gasteiger partial charge in [0, 0.05) is 37.6 Å². The lowest BCUT2D eigenvalue weighted by atomic mass is 10.0. The molecule has 0 saturated carbocycles. The van der Waals surface area contributed by atoms with Crippen molar-refractivity contribution in [2.24, 2.45) is 17.4 Å². The van der Waals surface area contributed by atoms with Gasteiger partial charge in [-0.15, -0.1) is 0 Å². The molecular weight excluding hydrogens is 1190 g/mol. The highest BCUT2D eigenvalue weighted by Gasteiger charge is 2.36. The minimum atomic E-state index is -1.91. The molecule has 0 fully saturated rings. The molecule has 16 N–H and O–H groups in total. The van der Waals surface area contributed by atoms with Crippen molar-refractivity contribution in [3.05, 3.63) is 125 Å². The molecule has 0 aliphatic rings. The summed E-state index contributed by atoms with van der Waals surface area (Å²) in [5.41, 5.74) is 14.2. The van der Waals surface area contributed by atoms with Gasteiger partial charge in [-0.2, -0.15) is 23.5 Å². The number of thioether (sulfide) groups is 2. The number of carboxylic acid groups (broad SMARTS) is 2. The molecule has 89 heavy (non-hydrogen) atoms. The maximum absolute atomic E-state index is 14.8. The molecule has 0 saturated heterocycles.